The molecule has 0 atom stereocenters. The summed E-state index contributed by atoms with van der Waals surface area (Å²) in [7, 11) is 4.99. The van der Waals surface area contributed by atoms with Crippen LogP contribution in [-0.4, -0.2) is 57.7 Å². The zero-order valence-electron chi connectivity index (χ0n) is 17.8. The van der Waals surface area contributed by atoms with Gasteiger partial charge in [0, 0.05) is 34.4 Å². The summed E-state index contributed by atoms with van der Waals surface area (Å²) >= 11 is 0. The minimum atomic E-state index is -4.39. The number of nitrogens with one attached hydrogen (secondary N) is 2. The Hall–Kier alpha value is -2.29. The minimum Gasteiger partial charge on any atom is -0.385 e. The van der Waals surface area contributed by atoms with Gasteiger partial charge in [0.25, 0.3) is 0 Å². The summed E-state index contributed by atoms with van der Waals surface area (Å²) in [6, 6.07) is 5.11. The van der Waals surface area contributed by atoms with E-state index >= 15 is 0 Å². The molecule has 1 saturated carbocycles. The van der Waals surface area contributed by atoms with Crippen molar-refractivity contribution in [2.24, 2.45) is 10.4 Å². The lowest BCUT2D eigenvalue weighted by Gasteiger charge is -2.42. The lowest BCUT2D eigenvalue weighted by atomic mass is 9.67. The number of nitrogens with zero attached hydrogens (tertiary/aromatic N) is 2. The predicted octanol–water partition coefficient (Wildman–Crippen LogP) is 3.04. The molecule has 0 aromatic heterocycles. The van der Waals surface area contributed by atoms with Crippen molar-refractivity contribution in [1.29, 1.82) is 0 Å². The molecule has 0 unspecified atom stereocenters. The maximum Gasteiger partial charge on any atom is 0.416 e. The fourth-order valence-electron chi connectivity index (χ4n) is 3.29. The molecule has 1 aromatic rings. The fourth-order valence-corrected chi connectivity index (χ4v) is 3.29. The number of amides is 1. The lowest BCUT2D eigenvalue weighted by molar-refractivity contribution is -0.137. The van der Waals surface area contributed by atoms with Crippen LogP contribution in [0.5, 0.6) is 0 Å². The van der Waals surface area contributed by atoms with Crippen LogP contribution in [0.25, 0.3) is 0 Å². The molecule has 2 N–H and O–H groups in total. The Bertz CT molecular complexity index is 731. The quantitative estimate of drug-likeness (QED) is 0.469. The molecule has 6 nitrogen and oxygen atoms in total. The molecule has 9 heteroatoms. The average Bonchev–Trinajstić information content (AvgIpc) is 2.67. The Balaban J connectivity index is 2.07. The van der Waals surface area contributed by atoms with Crippen molar-refractivity contribution in [1.82, 2.24) is 15.5 Å². The molecule has 0 spiro atoms. The number of benzene rings is 1. The van der Waals surface area contributed by atoms with E-state index in [1.807, 2.05) is 0 Å². The summed E-state index contributed by atoms with van der Waals surface area (Å²) in [5.41, 5.74) is -0.128. The van der Waals surface area contributed by atoms with Gasteiger partial charge in [0.1, 0.15) is 0 Å². The van der Waals surface area contributed by atoms with Crippen LogP contribution in [0.3, 0.4) is 0 Å². The van der Waals surface area contributed by atoms with Crippen LogP contribution in [-0.2, 0) is 22.3 Å². The van der Waals surface area contributed by atoms with Gasteiger partial charge in [0.15, 0.2) is 5.96 Å². The minimum absolute atomic E-state index is 0.0481. The van der Waals surface area contributed by atoms with Crippen molar-refractivity contribution in [3.8, 4) is 0 Å². The van der Waals surface area contributed by atoms with Crippen LogP contribution in [0.1, 0.15) is 36.8 Å². The Morgan fingerprint density at radius 3 is 2.57 bits per heavy atom. The number of hydrogen-bond acceptors (Lipinski definition) is 3. The highest BCUT2D eigenvalue weighted by Crippen LogP contribution is 2.43. The maximum atomic E-state index is 12.9. The number of guanidine groups is 1. The van der Waals surface area contributed by atoms with Crippen molar-refractivity contribution < 1.29 is 22.7 Å². The molecular weight excluding hydrogens is 397 g/mol. The highest BCUT2D eigenvalue weighted by Gasteiger charge is 2.36. The van der Waals surface area contributed by atoms with Gasteiger partial charge in [-0.25, -0.2) is 4.99 Å². The first kappa shape index (κ1) is 24.0. The van der Waals surface area contributed by atoms with Crippen molar-refractivity contribution >= 4 is 11.9 Å². The first-order valence-electron chi connectivity index (χ1n) is 10.0. The van der Waals surface area contributed by atoms with E-state index < -0.39 is 11.7 Å². The summed E-state index contributed by atoms with van der Waals surface area (Å²) in [6.45, 7) is 1.46. The van der Waals surface area contributed by atoms with E-state index in [4.69, 9.17) is 4.74 Å². The van der Waals surface area contributed by atoms with Gasteiger partial charge in [-0.15, -0.1) is 0 Å². The molecule has 0 radical (unpaired) electrons. The number of hydrogen-bond donors (Lipinski definition) is 2. The number of methoxy groups -OCH3 is 1. The number of carbonyl (C=O) groups is 1. The van der Waals surface area contributed by atoms with Gasteiger partial charge in [-0.3, -0.25) is 4.79 Å². The van der Waals surface area contributed by atoms with Crippen LogP contribution < -0.4 is 10.6 Å². The van der Waals surface area contributed by atoms with Crippen LogP contribution in [0, 0.1) is 5.41 Å². The number of rotatable bonds is 9. The van der Waals surface area contributed by atoms with Gasteiger partial charge in [0.05, 0.1) is 18.7 Å². The third-order valence-corrected chi connectivity index (χ3v) is 5.46. The number of halogens is 3. The van der Waals surface area contributed by atoms with Crippen molar-refractivity contribution in [3.05, 3.63) is 35.4 Å². The Labute approximate surface area is 175 Å². The third kappa shape index (κ3) is 7.19. The molecule has 0 aliphatic heterocycles. The normalized spacial score (nSPS) is 16.0. The van der Waals surface area contributed by atoms with Gasteiger partial charge in [-0.1, -0.05) is 18.6 Å². The molecular formula is C21H31F3N4O2. The second-order valence-corrected chi connectivity index (χ2v) is 7.95. The van der Waals surface area contributed by atoms with Gasteiger partial charge in [-0.2, -0.15) is 13.2 Å². The molecule has 0 saturated heterocycles. The summed E-state index contributed by atoms with van der Waals surface area (Å²) < 4.78 is 44.0. The predicted molar refractivity (Wildman–Crippen MR) is 110 cm³/mol. The molecule has 1 aliphatic carbocycles. The van der Waals surface area contributed by atoms with Gasteiger partial charge in [-0.05, 0) is 42.4 Å². The first-order chi connectivity index (χ1) is 14.1. The molecule has 1 aliphatic rings. The van der Waals surface area contributed by atoms with Crippen molar-refractivity contribution in [3.63, 3.8) is 0 Å². The standard InChI is InChI=1S/C21H31F3N4O2/c1-28(2)18(29)14-26-19(27-15-20(8-5-9-20)10-11-30-3)25-13-16-6-4-7-17(12-16)21(22,23)24/h4,6-7,12H,5,8-11,13-15H2,1-3H3,(H2,25,26,27). The van der Waals surface area contributed by atoms with Crippen LogP contribution in [0.2, 0.25) is 0 Å². The Morgan fingerprint density at radius 1 is 1.27 bits per heavy atom. The zero-order valence-corrected chi connectivity index (χ0v) is 17.8. The average molecular weight is 428 g/mol. The molecule has 30 heavy (non-hydrogen) atoms. The van der Waals surface area contributed by atoms with Crippen LogP contribution >= 0.6 is 0 Å². The van der Waals surface area contributed by atoms with Crippen LogP contribution in [0.15, 0.2) is 29.3 Å². The number of aliphatic imine (C=N–C) groups is 1. The van der Waals surface area contributed by atoms with Gasteiger partial charge in [0.2, 0.25) is 5.91 Å². The summed E-state index contributed by atoms with van der Waals surface area (Å²) in [5, 5.41) is 6.26. The number of likely N-dealkylation sites (N-methyl/N-ethyl adjacent to an activating group) is 1. The third-order valence-electron chi connectivity index (χ3n) is 5.46. The van der Waals surface area contributed by atoms with E-state index in [-0.39, 0.29) is 24.4 Å². The van der Waals surface area contributed by atoms with E-state index in [1.54, 1.807) is 27.3 Å². The number of ether oxygens (including phenoxy) is 1. The summed E-state index contributed by atoms with van der Waals surface area (Å²) in [5.74, 6) is 0.285. The van der Waals surface area contributed by atoms with E-state index in [1.165, 1.54) is 11.0 Å². The summed E-state index contributed by atoms with van der Waals surface area (Å²) in [4.78, 5) is 17.8. The highest BCUT2D eigenvalue weighted by molar-refractivity contribution is 5.86. The topological polar surface area (TPSA) is 66.0 Å². The lowest BCUT2D eigenvalue weighted by Crippen LogP contribution is -2.48. The zero-order chi connectivity index (χ0) is 22.2. The molecule has 1 aromatic carbocycles. The number of alkyl halides is 3. The van der Waals surface area contributed by atoms with E-state index in [0.29, 0.717) is 24.7 Å². The van der Waals surface area contributed by atoms with Crippen molar-refractivity contribution in [2.75, 3.05) is 40.9 Å². The molecule has 2 rings (SSSR count). The van der Waals surface area contributed by atoms with E-state index in [9.17, 15) is 18.0 Å². The second kappa shape index (κ2) is 10.7. The molecule has 1 fully saturated rings. The monoisotopic (exact) mass is 428 g/mol. The molecule has 168 valence electrons. The fraction of sp³-hybridized carbons (Fsp3) is 0.619. The van der Waals surface area contributed by atoms with Gasteiger partial charge >= 0.3 is 6.18 Å². The SMILES string of the molecule is COCCC1(CNC(=NCc2cccc(C(F)(F)F)c2)NCC(=O)N(C)C)CCC1. The molecule has 1 amide bonds. The van der Waals surface area contributed by atoms with E-state index in [0.717, 1.165) is 37.8 Å². The second-order valence-electron chi connectivity index (χ2n) is 7.95. The van der Waals surface area contributed by atoms with Crippen molar-refractivity contribution in [2.45, 2.75) is 38.4 Å². The highest BCUT2D eigenvalue weighted by atomic mass is 19.4. The first-order valence-corrected chi connectivity index (χ1v) is 10.0. The summed E-state index contributed by atoms with van der Waals surface area (Å²) in [6.07, 6.45) is -0.139. The largest absolute Gasteiger partial charge is 0.416 e. The Morgan fingerprint density at radius 2 is 2.00 bits per heavy atom. The van der Waals surface area contributed by atoms with Crippen LogP contribution in [0.4, 0.5) is 13.2 Å². The maximum absolute atomic E-state index is 12.9. The number of carbonyl (C=O) groups excluding carboxylic acids is 1. The van der Waals surface area contributed by atoms with Gasteiger partial charge < -0.3 is 20.3 Å². The Kier molecular flexibility index (Phi) is 8.52. The molecule has 0 bridgehead atoms. The smallest absolute Gasteiger partial charge is 0.385 e. The van der Waals surface area contributed by atoms with E-state index in [2.05, 4.69) is 15.6 Å². The molecule has 0 heterocycles.